The molecule has 1 aliphatic heterocycles. The third-order valence-electron chi connectivity index (χ3n) is 2.52. The van der Waals surface area contributed by atoms with Crippen molar-refractivity contribution in [1.82, 2.24) is 10.6 Å². The molecule has 1 saturated heterocycles. The largest absolute Gasteiger partial charge is 0.384 e. The van der Waals surface area contributed by atoms with Crippen LogP contribution >= 0.6 is 0 Å². The molecule has 5 nitrogen and oxygen atoms in total. The summed E-state index contributed by atoms with van der Waals surface area (Å²) in [5.74, 6) is 0.328. The number of amides is 1. The van der Waals surface area contributed by atoms with Gasteiger partial charge in [0.15, 0.2) is 0 Å². The second kappa shape index (κ2) is 7.60. The predicted octanol–water partition coefficient (Wildman–Crippen LogP) is -0.236. The number of nitrogens with one attached hydrogen (secondary N) is 2. The maximum absolute atomic E-state index is 11.5. The number of hydrogen-bond acceptors (Lipinski definition) is 4. The quantitative estimate of drug-likeness (QED) is 0.661. The van der Waals surface area contributed by atoms with E-state index in [9.17, 15) is 4.79 Å². The first-order valence-electron chi connectivity index (χ1n) is 5.80. The average molecular weight is 230 g/mol. The van der Waals surface area contributed by atoms with Crippen LogP contribution in [0.3, 0.4) is 0 Å². The fourth-order valence-electron chi connectivity index (χ4n) is 1.71. The van der Waals surface area contributed by atoms with Gasteiger partial charge in [-0.25, -0.2) is 0 Å². The third-order valence-corrected chi connectivity index (χ3v) is 2.52. The molecule has 1 heterocycles. The Morgan fingerprint density at radius 2 is 2.50 bits per heavy atom. The van der Waals surface area contributed by atoms with Gasteiger partial charge in [0, 0.05) is 39.8 Å². The van der Waals surface area contributed by atoms with Gasteiger partial charge in [-0.2, -0.15) is 0 Å². The highest BCUT2D eigenvalue weighted by molar-refractivity contribution is 5.76. The van der Waals surface area contributed by atoms with Gasteiger partial charge in [-0.05, 0) is 5.92 Å². The monoisotopic (exact) mass is 230 g/mol. The smallest absolute Gasteiger partial charge is 0.220 e. The van der Waals surface area contributed by atoms with Gasteiger partial charge in [-0.1, -0.05) is 6.92 Å². The van der Waals surface area contributed by atoms with E-state index < -0.39 is 0 Å². The number of methoxy groups -OCH3 is 1. The molecule has 0 radical (unpaired) electrons. The van der Waals surface area contributed by atoms with Gasteiger partial charge in [0.1, 0.15) is 0 Å². The fraction of sp³-hybridized carbons (Fsp3) is 0.909. The number of ether oxygens (including phenoxy) is 2. The van der Waals surface area contributed by atoms with Gasteiger partial charge < -0.3 is 20.1 Å². The molecular formula is C11H22N2O3. The Labute approximate surface area is 96.9 Å². The normalized spacial score (nSPS) is 22.8. The standard InChI is InChI=1S/C11H22N2O3/c1-9(8-15-2)5-11(14)13-7-10-6-12-3-4-16-10/h9-10,12H,3-8H2,1-2H3,(H,13,14). The van der Waals surface area contributed by atoms with Crippen molar-refractivity contribution in [2.45, 2.75) is 19.4 Å². The Morgan fingerprint density at radius 1 is 1.69 bits per heavy atom. The summed E-state index contributed by atoms with van der Waals surface area (Å²) in [5.41, 5.74) is 0. The lowest BCUT2D eigenvalue weighted by atomic mass is 10.1. The van der Waals surface area contributed by atoms with Crippen LogP contribution in [-0.2, 0) is 14.3 Å². The van der Waals surface area contributed by atoms with Crippen LogP contribution in [-0.4, -0.2) is 52.0 Å². The molecule has 1 aliphatic rings. The van der Waals surface area contributed by atoms with E-state index in [1.807, 2.05) is 6.92 Å². The van der Waals surface area contributed by atoms with Gasteiger partial charge in [-0.15, -0.1) is 0 Å². The molecule has 2 atom stereocenters. The summed E-state index contributed by atoms with van der Waals surface area (Å²) >= 11 is 0. The summed E-state index contributed by atoms with van der Waals surface area (Å²) in [6, 6.07) is 0. The topological polar surface area (TPSA) is 59.6 Å². The van der Waals surface area contributed by atoms with Crippen LogP contribution in [0.5, 0.6) is 0 Å². The summed E-state index contributed by atoms with van der Waals surface area (Å²) < 4.78 is 10.5. The molecule has 2 N–H and O–H groups in total. The van der Waals surface area contributed by atoms with Crippen molar-refractivity contribution < 1.29 is 14.3 Å². The molecule has 1 fully saturated rings. The van der Waals surface area contributed by atoms with Crippen LogP contribution in [0.25, 0.3) is 0 Å². The Bertz CT molecular complexity index is 205. The second-order valence-electron chi connectivity index (χ2n) is 4.27. The lowest BCUT2D eigenvalue weighted by Gasteiger charge is -2.24. The van der Waals surface area contributed by atoms with Gasteiger partial charge >= 0.3 is 0 Å². The van der Waals surface area contributed by atoms with Crippen LogP contribution in [0.4, 0.5) is 0 Å². The molecule has 0 aromatic rings. The Hall–Kier alpha value is -0.650. The van der Waals surface area contributed by atoms with Crippen molar-refractivity contribution >= 4 is 5.91 Å². The summed E-state index contributed by atoms with van der Waals surface area (Å²) in [5, 5.41) is 6.11. The van der Waals surface area contributed by atoms with E-state index in [1.54, 1.807) is 7.11 Å². The molecule has 94 valence electrons. The second-order valence-corrected chi connectivity index (χ2v) is 4.27. The zero-order valence-electron chi connectivity index (χ0n) is 10.1. The zero-order chi connectivity index (χ0) is 11.8. The number of morpholine rings is 1. The number of carbonyl (C=O) groups is 1. The summed E-state index contributed by atoms with van der Waals surface area (Å²) in [6.45, 7) is 5.64. The number of carbonyl (C=O) groups excluding carboxylic acids is 1. The Morgan fingerprint density at radius 3 is 3.12 bits per heavy atom. The highest BCUT2D eigenvalue weighted by Gasteiger charge is 2.15. The van der Waals surface area contributed by atoms with Crippen LogP contribution in [0.2, 0.25) is 0 Å². The number of hydrogen-bond donors (Lipinski definition) is 2. The summed E-state index contributed by atoms with van der Waals surface area (Å²) in [4.78, 5) is 11.5. The minimum Gasteiger partial charge on any atom is -0.384 e. The van der Waals surface area contributed by atoms with E-state index >= 15 is 0 Å². The van der Waals surface area contributed by atoms with Gasteiger partial charge in [-0.3, -0.25) is 4.79 Å². The summed E-state index contributed by atoms with van der Waals surface area (Å²) in [7, 11) is 1.65. The first-order chi connectivity index (χ1) is 7.72. The van der Waals surface area contributed by atoms with Crippen LogP contribution in [0, 0.1) is 5.92 Å². The minimum absolute atomic E-state index is 0.0683. The molecule has 2 unspecified atom stereocenters. The van der Waals surface area contributed by atoms with Gasteiger partial charge in [0.2, 0.25) is 5.91 Å². The van der Waals surface area contributed by atoms with E-state index in [1.165, 1.54) is 0 Å². The van der Waals surface area contributed by atoms with Crippen molar-refractivity contribution in [3.8, 4) is 0 Å². The molecule has 0 bridgehead atoms. The molecule has 0 aromatic heterocycles. The molecule has 1 amide bonds. The Kier molecular flexibility index (Phi) is 6.37. The van der Waals surface area contributed by atoms with Gasteiger partial charge in [0.25, 0.3) is 0 Å². The van der Waals surface area contributed by atoms with Crippen molar-refractivity contribution in [3.63, 3.8) is 0 Å². The first kappa shape index (κ1) is 13.4. The predicted molar refractivity (Wildman–Crippen MR) is 61.3 cm³/mol. The van der Waals surface area contributed by atoms with E-state index in [0.29, 0.717) is 19.6 Å². The molecular weight excluding hydrogens is 208 g/mol. The summed E-state index contributed by atoms with van der Waals surface area (Å²) in [6.07, 6.45) is 0.615. The number of rotatable bonds is 6. The highest BCUT2D eigenvalue weighted by atomic mass is 16.5. The van der Waals surface area contributed by atoms with Gasteiger partial charge in [0.05, 0.1) is 12.7 Å². The molecule has 0 aromatic carbocycles. The van der Waals surface area contributed by atoms with Crippen LogP contribution in [0.15, 0.2) is 0 Å². The van der Waals surface area contributed by atoms with E-state index in [-0.39, 0.29) is 17.9 Å². The minimum atomic E-state index is 0.0683. The van der Waals surface area contributed by atoms with E-state index in [0.717, 1.165) is 19.7 Å². The average Bonchev–Trinajstić information content (AvgIpc) is 2.28. The molecule has 1 rings (SSSR count). The van der Waals surface area contributed by atoms with Crippen LogP contribution < -0.4 is 10.6 Å². The molecule has 0 aliphatic carbocycles. The molecule has 0 spiro atoms. The SMILES string of the molecule is COCC(C)CC(=O)NCC1CNCCO1. The fourth-order valence-corrected chi connectivity index (χ4v) is 1.71. The molecule has 5 heteroatoms. The van der Waals surface area contributed by atoms with Crippen molar-refractivity contribution in [2.24, 2.45) is 5.92 Å². The molecule has 0 saturated carbocycles. The zero-order valence-corrected chi connectivity index (χ0v) is 10.1. The van der Waals surface area contributed by atoms with Crippen molar-refractivity contribution in [3.05, 3.63) is 0 Å². The highest BCUT2D eigenvalue weighted by Crippen LogP contribution is 2.01. The van der Waals surface area contributed by atoms with Crippen molar-refractivity contribution in [2.75, 3.05) is 40.0 Å². The maximum atomic E-state index is 11.5. The first-order valence-corrected chi connectivity index (χ1v) is 5.80. The Balaban J connectivity index is 2.09. The third kappa shape index (κ3) is 5.44. The maximum Gasteiger partial charge on any atom is 0.220 e. The molecule has 16 heavy (non-hydrogen) atoms. The lowest BCUT2D eigenvalue weighted by molar-refractivity contribution is -0.123. The van der Waals surface area contributed by atoms with E-state index in [2.05, 4.69) is 10.6 Å². The van der Waals surface area contributed by atoms with Crippen molar-refractivity contribution in [1.29, 1.82) is 0 Å². The lowest BCUT2D eigenvalue weighted by Crippen LogP contribution is -2.45. The van der Waals surface area contributed by atoms with Crippen LogP contribution in [0.1, 0.15) is 13.3 Å². The van der Waals surface area contributed by atoms with E-state index in [4.69, 9.17) is 9.47 Å².